The number of carboxylic acids is 1. The molecule has 1 amide bonds. The van der Waals surface area contributed by atoms with E-state index in [-0.39, 0.29) is 17.6 Å². The molecule has 2 atom stereocenters. The number of amides is 1. The van der Waals surface area contributed by atoms with E-state index in [9.17, 15) is 9.59 Å². The van der Waals surface area contributed by atoms with Crippen molar-refractivity contribution in [2.45, 2.75) is 31.8 Å². The Kier molecular flexibility index (Phi) is 2.97. The van der Waals surface area contributed by atoms with Crippen molar-refractivity contribution in [3.63, 3.8) is 0 Å². The third-order valence-electron chi connectivity index (χ3n) is 3.91. The van der Waals surface area contributed by atoms with E-state index in [1.165, 1.54) is 12.2 Å². The minimum Gasteiger partial charge on any atom is -0.478 e. The lowest BCUT2D eigenvalue weighted by atomic mass is 9.91. The van der Waals surface area contributed by atoms with Crippen LogP contribution in [-0.4, -0.2) is 40.3 Å². The van der Waals surface area contributed by atoms with Crippen LogP contribution in [0.15, 0.2) is 28.8 Å². The number of nitrogens with zero attached hydrogens (tertiary/aromatic N) is 2. The van der Waals surface area contributed by atoms with Crippen molar-refractivity contribution in [3.8, 4) is 0 Å². The summed E-state index contributed by atoms with van der Waals surface area (Å²) in [4.78, 5) is 29.9. The summed E-state index contributed by atoms with van der Waals surface area (Å²) in [6, 6.07) is 0. The second-order valence-electron chi connectivity index (χ2n) is 5.16. The molecular formula is C14H16N2O3. The second kappa shape index (κ2) is 4.64. The van der Waals surface area contributed by atoms with Gasteiger partial charge in [0.15, 0.2) is 0 Å². The molecule has 0 spiro atoms. The van der Waals surface area contributed by atoms with Crippen molar-refractivity contribution >= 4 is 17.6 Å². The highest BCUT2D eigenvalue weighted by Gasteiger charge is 2.37. The van der Waals surface area contributed by atoms with Crippen LogP contribution in [-0.2, 0) is 9.59 Å². The van der Waals surface area contributed by atoms with Crippen LogP contribution in [0.5, 0.6) is 0 Å². The van der Waals surface area contributed by atoms with E-state index in [1.807, 2.05) is 4.90 Å². The minimum atomic E-state index is -0.979. The average molecular weight is 260 g/mol. The molecule has 3 aliphatic rings. The summed E-state index contributed by atoms with van der Waals surface area (Å²) in [7, 11) is 0. The van der Waals surface area contributed by atoms with Gasteiger partial charge in [-0.25, -0.2) is 4.79 Å². The number of allylic oxidation sites excluding steroid dienone is 1. The number of carbonyl (C=O) groups is 2. The van der Waals surface area contributed by atoms with Crippen LogP contribution in [0.3, 0.4) is 0 Å². The lowest BCUT2D eigenvalue weighted by molar-refractivity contribution is -0.135. The molecule has 1 aliphatic carbocycles. The van der Waals surface area contributed by atoms with E-state index >= 15 is 0 Å². The topological polar surface area (TPSA) is 70.0 Å². The highest BCUT2D eigenvalue weighted by Crippen LogP contribution is 2.28. The van der Waals surface area contributed by atoms with Crippen molar-refractivity contribution in [2.75, 3.05) is 6.54 Å². The monoisotopic (exact) mass is 260 g/mol. The van der Waals surface area contributed by atoms with Crippen LogP contribution < -0.4 is 0 Å². The molecule has 2 heterocycles. The van der Waals surface area contributed by atoms with Crippen LogP contribution in [0.1, 0.15) is 25.7 Å². The third kappa shape index (κ3) is 2.09. The van der Waals surface area contributed by atoms with Crippen molar-refractivity contribution in [1.29, 1.82) is 0 Å². The number of hydrogen-bond donors (Lipinski definition) is 1. The smallest absolute Gasteiger partial charge is 0.335 e. The lowest BCUT2D eigenvalue weighted by Crippen LogP contribution is -2.48. The van der Waals surface area contributed by atoms with Crippen LogP contribution in [0.4, 0.5) is 0 Å². The molecule has 2 aliphatic heterocycles. The molecule has 0 aromatic heterocycles. The quantitative estimate of drug-likeness (QED) is 0.774. The maximum absolute atomic E-state index is 12.4. The highest BCUT2D eigenvalue weighted by atomic mass is 16.4. The first kappa shape index (κ1) is 12.1. The third-order valence-corrected chi connectivity index (χ3v) is 3.91. The second-order valence-corrected chi connectivity index (χ2v) is 5.16. The van der Waals surface area contributed by atoms with Gasteiger partial charge in [-0.05, 0) is 25.3 Å². The summed E-state index contributed by atoms with van der Waals surface area (Å²) in [6.07, 6.45) is 8.70. The SMILES string of the molecule is O=C(O)C1=CC2=N[C@@H]3CCCCCN3C(=O)[C@H]2C=C1. The number of carbonyl (C=O) groups excluding carboxylic acids is 1. The van der Waals surface area contributed by atoms with E-state index in [4.69, 9.17) is 5.11 Å². The molecule has 0 unspecified atom stereocenters. The van der Waals surface area contributed by atoms with E-state index in [1.54, 1.807) is 6.08 Å². The summed E-state index contributed by atoms with van der Waals surface area (Å²) in [5, 5.41) is 9.00. The maximum Gasteiger partial charge on any atom is 0.335 e. The fourth-order valence-electron chi connectivity index (χ4n) is 2.89. The molecule has 3 rings (SSSR count). The predicted octanol–water partition coefficient (Wildman–Crippen LogP) is 1.37. The summed E-state index contributed by atoms with van der Waals surface area (Å²) in [5.74, 6) is -1.31. The standard InChI is InChI=1S/C14H16N2O3/c17-13-10-6-5-9(14(18)19)8-11(10)15-12-4-2-1-3-7-16(12)13/h5-6,8,10,12H,1-4,7H2,(H,18,19)/t10-,12-/m0/s1. The van der Waals surface area contributed by atoms with Crippen LogP contribution in [0.25, 0.3) is 0 Å². The first-order chi connectivity index (χ1) is 9.16. The normalized spacial score (nSPS) is 29.9. The Labute approximate surface area is 111 Å². The molecule has 5 nitrogen and oxygen atoms in total. The lowest BCUT2D eigenvalue weighted by Gasteiger charge is -2.35. The van der Waals surface area contributed by atoms with Gasteiger partial charge in [-0.1, -0.05) is 18.6 Å². The number of carboxylic acid groups (broad SMARTS) is 1. The zero-order valence-corrected chi connectivity index (χ0v) is 10.6. The molecule has 100 valence electrons. The Morgan fingerprint density at radius 3 is 3.00 bits per heavy atom. The summed E-state index contributed by atoms with van der Waals surface area (Å²) < 4.78 is 0. The average Bonchev–Trinajstić information content (AvgIpc) is 2.63. The number of rotatable bonds is 1. The Hall–Kier alpha value is -1.91. The van der Waals surface area contributed by atoms with Gasteiger partial charge in [-0.15, -0.1) is 0 Å². The van der Waals surface area contributed by atoms with Gasteiger partial charge < -0.3 is 10.0 Å². The maximum atomic E-state index is 12.4. The van der Waals surface area contributed by atoms with Gasteiger partial charge in [0.2, 0.25) is 5.91 Å². The first-order valence-electron chi connectivity index (χ1n) is 6.68. The Balaban J connectivity index is 1.96. The first-order valence-corrected chi connectivity index (χ1v) is 6.68. The predicted molar refractivity (Wildman–Crippen MR) is 69.8 cm³/mol. The Morgan fingerprint density at radius 1 is 1.37 bits per heavy atom. The van der Waals surface area contributed by atoms with Crippen molar-refractivity contribution < 1.29 is 14.7 Å². The van der Waals surface area contributed by atoms with E-state index < -0.39 is 11.9 Å². The summed E-state index contributed by atoms with van der Waals surface area (Å²) in [5.41, 5.74) is 0.804. The van der Waals surface area contributed by atoms with Crippen LogP contribution in [0, 0.1) is 5.92 Å². The van der Waals surface area contributed by atoms with Crippen LogP contribution in [0.2, 0.25) is 0 Å². The largest absolute Gasteiger partial charge is 0.478 e. The van der Waals surface area contributed by atoms with E-state index in [0.29, 0.717) is 5.71 Å². The number of fused-ring (bicyclic) bond motifs is 2. The van der Waals surface area contributed by atoms with Gasteiger partial charge in [-0.2, -0.15) is 0 Å². The fraction of sp³-hybridized carbons (Fsp3) is 0.500. The van der Waals surface area contributed by atoms with E-state index in [0.717, 1.165) is 32.2 Å². The molecule has 5 heteroatoms. The Morgan fingerprint density at radius 2 is 2.21 bits per heavy atom. The minimum absolute atomic E-state index is 0.0637. The van der Waals surface area contributed by atoms with Gasteiger partial charge in [0.25, 0.3) is 0 Å². The van der Waals surface area contributed by atoms with Gasteiger partial charge in [0.1, 0.15) is 6.17 Å². The Bertz CT molecular complexity index is 519. The molecule has 0 aromatic rings. The molecular weight excluding hydrogens is 244 g/mol. The van der Waals surface area contributed by atoms with Crippen molar-refractivity contribution in [1.82, 2.24) is 4.90 Å². The molecule has 0 radical (unpaired) electrons. The molecule has 1 fully saturated rings. The molecule has 0 aromatic carbocycles. The van der Waals surface area contributed by atoms with Gasteiger partial charge in [-0.3, -0.25) is 9.79 Å². The van der Waals surface area contributed by atoms with Crippen molar-refractivity contribution in [2.24, 2.45) is 10.9 Å². The zero-order chi connectivity index (χ0) is 13.4. The van der Waals surface area contributed by atoms with Gasteiger partial charge >= 0.3 is 5.97 Å². The molecule has 0 bridgehead atoms. The molecule has 1 saturated heterocycles. The zero-order valence-electron chi connectivity index (χ0n) is 10.6. The highest BCUT2D eigenvalue weighted by molar-refractivity contribution is 6.16. The van der Waals surface area contributed by atoms with Crippen molar-refractivity contribution in [3.05, 3.63) is 23.8 Å². The number of aliphatic carboxylic acids is 1. The van der Waals surface area contributed by atoms with Gasteiger partial charge in [0.05, 0.1) is 17.2 Å². The summed E-state index contributed by atoms with van der Waals surface area (Å²) in [6.45, 7) is 0.764. The van der Waals surface area contributed by atoms with Gasteiger partial charge in [0, 0.05) is 6.54 Å². The fourth-order valence-corrected chi connectivity index (χ4v) is 2.89. The van der Waals surface area contributed by atoms with E-state index in [2.05, 4.69) is 4.99 Å². The molecule has 0 saturated carbocycles. The summed E-state index contributed by atoms with van der Waals surface area (Å²) >= 11 is 0. The number of aliphatic imine (C=N–C) groups is 1. The molecule has 19 heavy (non-hydrogen) atoms. The molecule has 1 N–H and O–H groups in total. The van der Waals surface area contributed by atoms with Crippen LogP contribution >= 0.6 is 0 Å². The number of hydrogen-bond acceptors (Lipinski definition) is 3.